The van der Waals surface area contributed by atoms with Crippen LogP contribution in [0.5, 0.6) is 0 Å². The second-order valence-electron chi connectivity index (χ2n) is 4.38. The number of imidazole rings is 1. The lowest BCUT2D eigenvalue weighted by Gasteiger charge is -2.09. The summed E-state index contributed by atoms with van der Waals surface area (Å²) in [7, 11) is 0. The van der Waals surface area contributed by atoms with Crippen LogP contribution in [0, 0.1) is 0 Å². The van der Waals surface area contributed by atoms with E-state index in [0.29, 0.717) is 24.1 Å². The van der Waals surface area contributed by atoms with Gasteiger partial charge >= 0.3 is 0 Å². The molecule has 0 atom stereocenters. The average Bonchev–Trinajstić information content (AvgIpc) is 3.10. The molecule has 3 heterocycles. The Hall–Kier alpha value is -1.89. The lowest BCUT2D eigenvalue weighted by Crippen LogP contribution is -2.18. The third-order valence-electron chi connectivity index (χ3n) is 3.04. The third-order valence-corrected chi connectivity index (χ3v) is 3.04. The molecule has 3 rings (SSSR count). The molecule has 2 N–H and O–H groups in total. The van der Waals surface area contributed by atoms with Crippen molar-refractivity contribution in [2.75, 3.05) is 24.5 Å². The van der Waals surface area contributed by atoms with Gasteiger partial charge in [0.25, 0.3) is 11.8 Å². The summed E-state index contributed by atoms with van der Waals surface area (Å²) in [5.74, 6) is 1.13. The van der Waals surface area contributed by atoms with Crippen molar-refractivity contribution in [3.8, 4) is 11.6 Å². The second-order valence-corrected chi connectivity index (χ2v) is 4.38. The van der Waals surface area contributed by atoms with E-state index in [9.17, 15) is 0 Å². The molecule has 2 aromatic heterocycles. The summed E-state index contributed by atoms with van der Waals surface area (Å²) >= 11 is 0. The SMILES string of the molecule is NCCn1cnc(-c2nc(N3CCCC3)no2)c1. The molecule has 96 valence electrons. The number of aromatic nitrogens is 4. The fourth-order valence-corrected chi connectivity index (χ4v) is 2.11. The number of hydrogen-bond donors (Lipinski definition) is 1. The largest absolute Gasteiger partial charge is 0.338 e. The summed E-state index contributed by atoms with van der Waals surface area (Å²) in [6.45, 7) is 3.32. The molecule has 0 amide bonds. The predicted molar refractivity (Wildman–Crippen MR) is 66.0 cm³/mol. The molecular formula is C11H16N6O. The van der Waals surface area contributed by atoms with Crippen LogP contribution in [0.15, 0.2) is 17.0 Å². The van der Waals surface area contributed by atoms with Gasteiger partial charge in [0, 0.05) is 32.4 Å². The van der Waals surface area contributed by atoms with Crippen molar-refractivity contribution < 1.29 is 4.52 Å². The van der Waals surface area contributed by atoms with E-state index in [0.717, 1.165) is 19.6 Å². The standard InChI is InChI=1S/C11H16N6O/c12-3-6-16-7-9(13-8-16)10-14-11(15-18-10)17-4-1-2-5-17/h7-8H,1-6,12H2. The van der Waals surface area contributed by atoms with Gasteiger partial charge in [0.1, 0.15) is 5.69 Å². The van der Waals surface area contributed by atoms with Crippen molar-refractivity contribution in [2.24, 2.45) is 5.73 Å². The molecule has 0 aromatic carbocycles. The van der Waals surface area contributed by atoms with E-state index in [1.807, 2.05) is 10.8 Å². The van der Waals surface area contributed by atoms with Gasteiger partial charge in [-0.05, 0) is 18.0 Å². The van der Waals surface area contributed by atoms with Crippen LogP contribution in [0.1, 0.15) is 12.8 Å². The van der Waals surface area contributed by atoms with E-state index in [1.54, 1.807) is 6.33 Å². The molecule has 0 unspecified atom stereocenters. The number of nitrogens with two attached hydrogens (primary N) is 1. The van der Waals surface area contributed by atoms with Gasteiger partial charge in [0.15, 0.2) is 0 Å². The highest BCUT2D eigenvalue weighted by Crippen LogP contribution is 2.21. The zero-order chi connectivity index (χ0) is 12.4. The molecule has 1 fully saturated rings. The minimum Gasteiger partial charge on any atom is -0.338 e. The molecule has 0 saturated carbocycles. The Kier molecular flexibility index (Phi) is 2.97. The van der Waals surface area contributed by atoms with Crippen LogP contribution in [0.4, 0.5) is 5.95 Å². The quantitative estimate of drug-likeness (QED) is 0.847. The normalized spacial score (nSPS) is 15.5. The van der Waals surface area contributed by atoms with Crippen molar-refractivity contribution in [1.82, 2.24) is 19.7 Å². The minimum absolute atomic E-state index is 0.465. The average molecular weight is 248 g/mol. The molecule has 2 aromatic rings. The van der Waals surface area contributed by atoms with Gasteiger partial charge in [-0.2, -0.15) is 4.98 Å². The Labute approximate surface area is 105 Å². The lowest BCUT2D eigenvalue weighted by atomic mass is 10.4. The number of hydrogen-bond acceptors (Lipinski definition) is 6. The smallest absolute Gasteiger partial charge is 0.279 e. The molecule has 1 saturated heterocycles. The summed E-state index contributed by atoms with van der Waals surface area (Å²) < 4.78 is 7.16. The monoisotopic (exact) mass is 248 g/mol. The van der Waals surface area contributed by atoms with Crippen molar-refractivity contribution in [2.45, 2.75) is 19.4 Å². The molecular weight excluding hydrogens is 232 g/mol. The summed E-state index contributed by atoms with van der Waals surface area (Å²) in [6, 6.07) is 0. The molecule has 18 heavy (non-hydrogen) atoms. The van der Waals surface area contributed by atoms with Crippen LogP contribution in [-0.2, 0) is 6.54 Å². The van der Waals surface area contributed by atoms with E-state index < -0.39 is 0 Å². The van der Waals surface area contributed by atoms with Gasteiger partial charge in [0.05, 0.1) is 6.33 Å². The first-order valence-corrected chi connectivity index (χ1v) is 6.17. The Morgan fingerprint density at radius 3 is 2.94 bits per heavy atom. The van der Waals surface area contributed by atoms with Crippen molar-refractivity contribution >= 4 is 5.95 Å². The Morgan fingerprint density at radius 1 is 1.33 bits per heavy atom. The highest BCUT2D eigenvalue weighted by molar-refractivity contribution is 5.47. The molecule has 0 aliphatic carbocycles. The topological polar surface area (TPSA) is 86.0 Å². The molecule has 0 radical (unpaired) electrons. The van der Waals surface area contributed by atoms with E-state index in [4.69, 9.17) is 10.3 Å². The maximum atomic E-state index is 5.49. The van der Waals surface area contributed by atoms with E-state index >= 15 is 0 Å². The predicted octanol–water partition coefficient (Wildman–Crippen LogP) is 0.492. The maximum absolute atomic E-state index is 5.49. The Balaban J connectivity index is 1.78. The highest BCUT2D eigenvalue weighted by atomic mass is 16.5. The van der Waals surface area contributed by atoms with Gasteiger partial charge in [-0.3, -0.25) is 0 Å². The van der Waals surface area contributed by atoms with Gasteiger partial charge in [-0.1, -0.05) is 0 Å². The van der Waals surface area contributed by atoms with Crippen LogP contribution in [-0.4, -0.2) is 39.3 Å². The number of nitrogens with zero attached hydrogens (tertiary/aromatic N) is 5. The summed E-state index contributed by atoms with van der Waals surface area (Å²) in [5.41, 5.74) is 6.18. The maximum Gasteiger partial charge on any atom is 0.279 e. The van der Waals surface area contributed by atoms with E-state index in [2.05, 4.69) is 20.0 Å². The summed E-state index contributed by atoms with van der Waals surface area (Å²) in [4.78, 5) is 10.7. The van der Waals surface area contributed by atoms with Gasteiger partial charge in [0.2, 0.25) is 0 Å². The van der Waals surface area contributed by atoms with Crippen LogP contribution < -0.4 is 10.6 Å². The summed E-state index contributed by atoms with van der Waals surface area (Å²) in [5, 5.41) is 4.00. The lowest BCUT2D eigenvalue weighted by molar-refractivity contribution is 0.429. The van der Waals surface area contributed by atoms with Crippen molar-refractivity contribution in [1.29, 1.82) is 0 Å². The first-order valence-electron chi connectivity index (χ1n) is 6.17. The van der Waals surface area contributed by atoms with Crippen LogP contribution in [0.3, 0.4) is 0 Å². The zero-order valence-corrected chi connectivity index (χ0v) is 10.1. The van der Waals surface area contributed by atoms with Crippen LogP contribution >= 0.6 is 0 Å². The fourth-order valence-electron chi connectivity index (χ4n) is 2.11. The fraction of sp³-hybridized carbons (Fsp3) is 0.545. The molecule has 1 aliphatic heterocycles. The van der Waals surface area contributed by atoms with Crippen molar-refractivity contribution in [3.05, 3.63) is 12.5 Å². The third kappa shape index (κ3) is 2.08. The van der Waals surface area contributed by atoms with E-state index in [1.165, 1.54) is 12.8 Å². The first-order chi connectivity index (χ1) is 8.86. The second kappa shape index (κ2) is 4.77. The number of rotatable bonds is 4. The Bertz CT molecular complexity index is 513. The molecule has 7 nitrogen and oxygen atoms in total. The molecule has 0 spiro atoms. The zero-order valence-electron chi connectivity index (χ0n) is 10.1. The minimum atomic E-state index is 0.465. The van der Waals surface area contributed by atoms with Crippen molar-refractivity contribution in [3.63, 3.8) is 0 Å². The van der Waals surface area contributed by atoms with Crippen LogP contribution in [0.25, 0.3) is 11.6 Å². The molecule has 7 heteroatoms. The molecule has 1 aliphatic rings. The number of anilines is 1. The molecule has 0 bridgehead atoms. The van der Waals surface area contributed by atoms with E-state index in [-0.39, 0.29) is 0 Å². The van der Waals surface area contributed by atoms with Gasteiger partial charge in [-0.15, -0.1) is 0 Å². The summed E-state index contributed by atoms with van der Waals surface area (Å²) in [6.07, 6.45) is 5.97. The van der Waals surface area contributed by atoms with Gasteiger partial charge < -0.3 is 19.7 Å². The highest BCUT2D eigenvalue weighted by Gasteiger charge is 2.19. The Morgan fingerprint density at radius 2 is 2.17 bits per heavy atom. The van der Waals surface area contributed by atoms with Crippen LogP contribution in [0.2, 0.25) is 0 Å². The van der Waals surface area contributed by atoms with Gasteiger partial charge in [-0.25, -0.2) is 4.98 Å². The first kappa shape index (κ1) is 11.2.